The predicted molar refractivity (Wildman–Crippen MR) is 145 cm³/mol. The minimum absolute atomic E-state index is 0.0231. The summed E-state index contributed by atoms with van der Waals surface area (Å²) in [5.41, 5.74) is -1.24. The van der Waals surface area contributed by atoms with E-state index in [0.717, 1.165) is 63.0 Å². The number of carbonyl (C=O) groups excluding carboxylic acids is 2. The Kier molecular flexibility index (Phi) is 11.5. The Bertz CT molecular complexity index is 1200. The van der Waals surface area contributed by atoms with Crippen LogP contribution in [0.4, 0.5) is 36.8 Å². The topological polar surface area (TPSA) is 64.7 Å². The van der Waals surface area contributed by atoms with Crippen molar-refractivity contribution in [1.82, 2.24) is 15.1 Å². The molecule has 3 amide bonds. The Morgan fingerprint density at radius 2 is 1.61 bits per heavy atom. The number of urea groups is 1. The van der Waals surface area contributed by atoms with Crippen molar-refractivity contribution in [2.24, 2.45) is 0 Å². The van der Waals surface area contributed by atoms with Gasteiger partial charge < -0.3 is 20.4 Å². The zero-order valence-corrected chi connectivity index (χ0v) is 22.9. The maximum Gasteiger partial charge on any atom is 0.417 e. The first-order chi connectivity index (χ1) is 19.3. The summed E-state index contributed by atoms with van der Waals surface area (Å²) in [6.07, 6.45) is -3.07. The molecule has 0 saturated carbocycles. The monoisotopic (exact) mass is 604 g/mol. The van der Waals surface area contributed by atoms with E-state index in [2.05, 4.69) is 15.5 Å². The Hall–Kier alpha value is -3.25. The van der Waals surface area contributed by atoms with Crippen molar-refractivity contribution in [3.05, 3.63) is 70.3 Å². The molecule has 0 aromatic heterocycles. The molecule has 0 atom stereocenters. The third-order valence-electron chi connectivity index (χ3n) is 6.51. The van der Waals surface area contributed by atoms with Crippen LogP contribution in [0.3, 0.4) is 0 Å². The van der Waals surface area contributed by atoms with E-state index < -0.39 is 34.5 Å². The lowest BCUT2D eigenvalue weighted by molar-refractivity contribution is -0.138. The zero-order chi connectivity index (χ0) is 30.0. The molecular formula is C28H31ClF6N4O2. The maximum atomic E-state index is 13.1. The number of alkyl halides is 6. The van der Waals surface area contributed by atoms with E-state index in [-0.39, 0.29) is 11.6 Å². The van der Waals surface area contributed by atoms with Gasteiger partial charge in [-0.05, 0) is 74.3 Å². The second-order valence-electron chi connectivity index (χ2n) is 9.61. The summed E-state index contributed by atoms with van der Waals surface area (Å²) in [7, 11) is 0. The first-order valence-corrected chi connectivity index (χ1v) is 13.5. The molecule has 6 nitrogen and oxygen atoms in total. The van der Waals surface area contributed by atoms with Crippen molar-refractivity contribution in [3.63, 3.8) is 0 Å². The minimum Gasteiger partial charge on any atom is -0.353 e. The van der Waals surface area contributed by atoms with Crippen molar-refractivity contribution >= 4 is 35.3 Å². The first-order valence-electron chi connectivity index (χ1n) is 13.1. The smallest absolute Gasteiger partial charge is 0.353 e. The quantitative estimate of drug-likeness (QED) is 0.186. The van der Waals surface area contributed by atoms with Crippen LogP contribution in [0.15, 0.2) is 48.5 Å². The second-order valence-corrected chi connectivity index (χ2v) is 10.0. The molecule has 2 aromatic carbocycles. The first kappa shape index (κ1) is 32.3. The van der Waals surface area contributed by atoms with Crippen LogP contribution in [0.25, 0.3) is 6.08 Å². The molecule has 2 aromatic rings. The molecule has 41 heavy (non-hydrogen) atoms. The van der Waals surface area contributed by atoms with Gasteiger partial charge in [-0.1, -0.05) is 30.2 Å². The normalized spacial score (nSPS) is 15.1. The lowest BCUT2D eigenvalue weighted by Crippen LogP contribution is -2.38. The van der Waals surface area contributed by atoms with Gasteiger partial charge in [0.2, 0.25) is 5.91 Å². The molecule has 0 spiro atoms. The van der Waals surface area contributed by atoms with Crippen LogP contribution in [-0.4, -0.2) is 61.0 Å². The van der Waals surface area contributed by atoms with Crippen LogP contribution in [0, 0.1) is 0 Å². The molecule has 0 bridgehead atoms. The van der Waals surface area contributed by atoms with E-state index in [0.29, 0.717) is 31.7 Å². The molecule has 1 fully saturated rings. The van der Waals surface area contributed by atoms with Gasteiger partial charge in [0.05, 0.1) is 16.1 Å². The molecule has 2 N–H and O–H groups in total. The van der Waals surface area contributed by atoms with Gasteiger partial charge >= 0.3 is 18.4 Å². The van der Waals surface area contributed by atoms with Crippen molar-refractivity contribution in [3.8, 4) is 0 Å². The van der Waals surface area contributed by atoms with Crippen molar-refractivity contribution < 1.29 is 35.9 Å². The highest BCUT2D eigenvalue weighted by atomic mass is 35.5. The van der Waals surface area contributed by atoms with Crippen LogP contribution in [0.1, 0.15) is 42.4 Å². The van der Waals surface area contributed by atoms with Crippen LogP contribution in [0.5, 0.6) is 0 Å². The number of halogens is 7. The van der Waals surface area contributed by atoms with Gasteiger partial charge in [-0.25, -0.2) is 4.79 Å². The molecular weight excluding hydrogens is 574 g/mol. The van der Waals surface area contributed by atoms with Crippen LogP contribution < -0.4 is 10.6 Å². The maximum absolute atomic E-state index is 13.1. The van der Waals surface area contributed by atoms with E-state index in [1.165, 1.54) is 30.4 Å². The lowest BCUT2D eigenvalue weighted by atomic mass is 10.1. The van der Waals surface area contributed by atoms with Gasteiger partial charge in [-0.3, -0.25) is 4.79 Å². The fourth-order valence-corrected chi connectivity index (χ4v) is 4.51. The second kappa shape index (κ2) is 14.6. The SMILES string of the molecule is O=C(/C=C/c1ccc(C(F)(F)F)cc1)NCCCCCN1CCCN(C(=O)Nc2ccc(Cl)c(C(F)(F)F)c2)CC1. The molecule has 0 unspecified atom stereocenters. The molecule has 3 rings (SSSR count). The summed E-state index contributed by atoms with van der Waals surface area (Å²) < 4.78 is 77.1. The fraction of sp³-hybridized carbons (Fsp3) is 0.429. The predicted octanol–water partition coefficient (Wildman–Crippen LogP) is 6.92. The van der Waals surface area contributed by atoms with E-state index in [4.69, 9.17) is 11.6 Å². The van der Waals surface area contributed by atoms with E-state index in [1.807, 2.05) is 0 Å². The molecule has 1 heterocycles. The number of amides is 3. The van der Waals surface area contributed by atoms with Gasteiger partial charge in [0.15, 0.2) is 0 Å². The number of rotatable bonds is 9. The minimum atomic E-state index is -4.62. The van der Waals surface area contributed by atoms with E-state index >= 15 is 0 Å². The number of nitrogens with zero attached hydrogens (tertiary/aromatic N) is 2. The third kappa shape index (κ3) is 10.6. The Morgan fingerprint density at radius 3 is 2.29 bits per heavy atom. The highest BCUT2D eigenvalue weighted by Crippen LogP contribution is 2.36. The standard InChI is InChI=1S/C28H31ClF6N4O2/c29-24-11-10-22(19-23(24)28(33,34)35)37-26(41)39-16-4-15-38(17-18-39)14-3-1-2-13-36-25(40)12-7-20-5-8-21(9-6-20)27(30,31)32/h5-12,19H,1-4,13-18H2,(H,36,40)(H,37,41)/b12-7+. The number of hydrogen-bond donors (Lipinski definition) is 2. The Labute approximate surface area is 239 Å². The summed E-state index contributed by atoms with van der Waals surface area (Å²) in [6.45, 7) is 3.61. The molecule has 1 aliphatic rings. The Balaban J connectivity index is 1.31. The summed E-state index contributed by atoms with van der Waals surface area (Å²) in [5.74, 6) is -0.330. The summed E-state index contributed by atoms with van der Waals surface area (Å²) in [5, 5.41) is 4.84. The van der Waals surface area contributed by atoms with Gasteiger partial charge in [0.1, 0.15) is 0 Å². The summed E-state index contributed by atoms with van der Waals surface area (Å²) in [6, 6.07) is 7.32. The molecule has 0 aliphatic carbocycles. The number of carbonyl (C=O) groups is 2. The number of unbranched alkanes of at least 4 members (excludes halogenated alkanes) is 2. The fourth-order valence-electron chi connectivity index (χ4n) is 4.28. The molecule has 0 radical (unpaired) electrons. The van der Waals surface area contributed by atoms with Crippen LogP contribution >= 0.6 is 11.6 Å². The van der Waals surface area contributed by atoms with Crippen molar-refractivity contribution in [2.45, 2.75) is 38.0 Å². The van der Waals surface area contributed by atoms with Crippen LogP contribution in [0.2, 0.25) is 5.02 Å². The van der Waals surface area contributed by atoms with Gasteiger partial charge in [-0.2, -0.15) is 26.3 Å². The number of hydrogen-bond acceptors (Lipinski definition) is 3. The van der Waals surface area contributed by atoms with Gasteiger partial charge in [0.25, 0.3) is 0 Å². The average molecular weight is 605 g/mol. The van der Waals surface area contributed by atoms with Crippen molar-refractivity contribution in [1.29, 1.82) is 0 Å². The molecule has 1 aliphatic heterocycles. The molecule has 13 heteroatoms. The van der Waals surface area contributed by atoms with E-state index in [9.17, 15) is 35.9 Å². The van der Waals surface area contributed by atoms with Gasteiger partial charge in [0, 0.05) is 37.9 Å². The van der Waals surface area contributed by atoms with Gasteiger partial charge in [-0.15, -0.1) is 0 Å². The highest BCUT2D eigenvalue weighted by molar-refractivity contribution is 6.31. The average Bonchev–Trinajstić information content (AvgIpc) is 3.15. The zero-order valence-electron chi connectivity index (χ0n) is 22.1. The van der Waals surface area contributed by atoms with E-state index in [1.54, 1.807) is 4.90 Å². The third-order valence-corrected chi connectivity index (χ3v) is 6.84. The van der Waals surface area contributed by atoms with Crippen molar-refractivity contribution in [2.75, 3.05) is 44.6 Å². The number of benzene rings is 2. The largest absolute Gasteiger partial charge is 0.417 e. The molecule has 224 valence electrons. The Morgan fingerprint density at radius 1 is 0.878 bits per heavy atom. The number of nitrogens with one attached hydrogen (secondary N) is 2. The highest BCUT2D eigenvalue weighted by Gasteiger charge is 2.33. The number of anilines is 1. The molecule has 1 saturated heterocycles. The lowest BCUT2D eigenvalue weighted by Gasteiger charge is -2.22. The summed E-state index contributed by atoms with van der Waals surface area (Å²) >= 11 is 5.64. The van der Waals surface area contributed by atoms with Crippen LogP contribution in [-0.2, 0) is 17.1 Å². The summed E-state index contributed by atoms with van der Waals surface area (Å²) in [4.78, 5) is 28.4.